The summed E-state index contributed by atoms with van der Waals surface area (Å²) in [7, 11) is -4.37. The average molecular weight is 500 g/mol. The van der Waals surface area contributed by atoms with E-state index >= 15 is 0 Å². The molecule has 0 amide bonds. The summed E-state index contributed by atoms with van der Waals surface area (Å²) in [6.45, 7) is 12.1. The van der Waals surface area contributed by atoms with Crippen molar-refractivity contribution in [1.82, 2.24) is 0 Å². The molecular weight excluding hydrogens is 468 g/mol. The van der Waals surface area contributed by atoms with E-state index in [0.717, 1.165) is 54.3 Å². The monoisotopic (exact) mass is 499 g/mol. The summed E-state index contributed by atoms with van der Waals surface area (Å²) in [6.07, 6.45) is 8.18. The first kappa shape index (κ1) is 25.9. The van der Waals surface area contributed by atoms with E-state index in [1.807, 2.05) is 24.3 Å². The first-order valence-electron chi connectivity index (χ1n) is 11.6. The molecule has 0 spiro atoms. The lowest BCUT2D eigenvalue weighted by Gasteiger charge is -2.22. The van der Waals surface area contributed by atoms with Crippen LogP contribution < -0.4 is 4.90 Å². The van der Waals surface area contributed by atoms with Crippen LogP contribution in [0.5, 0.6) is 0 Å². The van der Waals surface area contributed by atoms with Gasteiger partial charge in [-0.05, 0) is 86.9 Å². The summed E-state index contributed by atoms with van der Waals surface area (Å²) >= 11 is 6.58. The maximum atomic E-state index is 11.9. The van der Waals surface area contributed by atoms with Gasteiger partial charge in [0, 0.05) is 41.5 Å². The standard InChI is InChI=1S/C27H31ClN2O3S/c1-5-29(6-2)22-13-9-20(10-14-22)27(21-11-15-23(16-12-21)30(7-3)8-4)25-19-24(34(31,32)33)17-18-26(25)28/h9-19H,5-8H2,1-4H3/p+1. The Hall–Kier alpha value is -2.67. The van der Waals surface area contributed by atoms with Crippen LogP contribution in [0.1, 0.15) is 38.8 Å². The molecule has 1 aliphatic rings. The number of nitrogens with zero attached hydrogens (tertiary/aromatic N) is 2. The lowest BCUT2D eigenvalue weighted by Crippen LogP contribution is -2.21. The van der Waals surface area contributed by atoms with Crippen molar-refractivity contribution >= 4 is 38.7 Å². The lowest BCUT2D eigenvalue weighted by atomic mass is 9.90. The Morgan fingerprint density at radius 3 is 2.00 bits per heavy atom. The van der Waals surface area contributed by atoms with Gasteiger partial charge < -0.3 is 4.90 Å². The second-order valence-electron chi connectivity index (χ2n) is 7.93. The van der Waals surface area contributed by atoms with E-state index in [1.165, 1.54) is 18.2 Å². The fourth-order valence-corrected chi connectivity index (χ4v) is 4.91. The molecule has 1 aliphatic carbocycles. The summed E-state index contributed by atoms with van der Waals surface area (Å²) < 4.78 is 35.6. The van der Waals surface area contributed by atoms with E-state index in [-0.39, 0.29) is 4.90 Å². The topological polar surface area (TPSA) is 60.6 Å². The molecule has 2 aromatic carbocycles. The van der Waals surface area contributed by atoms with Crippen LogP contribution in [-0.4, -0.2) is 49.4 Å². The molecule has 0 radical (unpaired) electrons. The van der Waals surface area contributed by atoms with Crippen molar-refractivity contribution in [2.24, 2.45) is 0 Å². The third-order valence-electron chi connectivity index (χ3n) is 6.07. The van der Waals surface area contributed by atoms with Crippen LogP contribution in [0.15, 0.2) is 77.2 Å². The van der Waals surface area contributed by atoms with Gasteiger partial charge >= 0.3 is 0 Å². The van der Waals surface area contributed by atoms with E-state index in [0.29, 0.717) is 10.6 Å². The molecule has 0 fully saturated rings. The van der Waals surface area contributed by atoms with Crippen molar-refractivity contribution in [3.63, 3.8) is 0 Å². The largest absolute Gasteiger partial charge is 0.372 e. The first-order valence-corrected chi connectivity index (χ1v) is 13.4. The number of rotatable bonds is 8. The van der Waals surface area contributed by atoms with E-state index in [9.17, 15) is 13.0 Å². The van der Waals surface area contributed by atoms with Crippen LogP contribution in [0.2, 0.25) is 5.02 Å². The Kier molecular flexibility index (Phi) is 8.52. The van der Waals surface area contributed by atoms with Gasteiger partial charge in [0.1, 0.15) is 13.1 Å². The van der Waals surface area contributed by atoms with Crippen molar-refractivity contribution in [2.75, 3.05) is 31.1 Å². The number of hydrogen-bond acceptors (Lipinski definition) is 3. The fourth-order valence-electron chi connectivity index (χ4n) is 4.19. The highest BCUT2D eigenvalue weighted by Crippen LogP contribution is 2.36. The summed E-state index contributed by atoms with van der Waals surface area (Å²) in [6, 6.07) is 12.4. The molecule has 0 unspecified atom stereocenters. The number of allylic oxidation sites excluding steroid dienone is 5. The number of hydrogen-bond donors (Lipinski definition) is 1. The molecule has 0 atom stereocenters. The molecule has 7 heteroatoms. The molecule has 180 valence electrons. The molecule has 0 aliphatic heterocycles. The van der Waals surface area contributed by atoms with Gasteiger partial charge in [0.05, 0.1) is 4.90 Å². The highest BCUT2D eigenvalue weighted by atomic mass is 35.5. The lowest BCUT2D eigenvalue weighted by molar-refractivity contribution is -0.519. The summed E-state index contributed by atoms with van der Waals surface area (Å²) in [5.74, 6) is 0. The fraction of sp³-hybridized carbons (Fsp3) is 0.296. The second kappa shape index (κ2) is 11.2. The zero-order chi connectivity index (χ0) is 24.9. The van der Waals surface area contributed by atoms with Crippen LogP contribution in [0.3, 0.4) is 0 Å². The van der Waals surface area contributed by atoms with Gasteiger partial charge in [-0.2, -0.15) is 8.42 Å². The summed E-state index contributed by atoms with van der Waals surface area (Å²) in [4.78, 5) is 2.07. The van der Waals surface area contributed by atoms with Gasteiger partial charge in [0.2, 0.25) is 0 Å². The zero-order valence-corrected chi connectivity index (χ0v) is 21.7. The van der Waals surface area contributed by atoms with Gasteiger partial charge in [0.25, 0.3) is 10.1 Å². The predicted octanol–water partition coefficient (Wildman–Crippen LogP) is 5.85. The SMILES string of the molecule is CCN(CC)c1ccc(C(=C2C=CC(=[N+](CC)CC)C=C2)c2cc(S(=O)(=O)O)ccc2Cl)cc1. The van der Waals surface area contributed by atoms with Gasteiger partial charge in [0.15, 0.2) is 5.71 Å². The van der Waals surface area contributed by atoms with Crippen molar-refractivity contribution in [2.45, 2.75) is 32.6 Å². The average Bonchev–Trinajstić information content (AvgIpc) is 2.83. The van der Waals surface area contributed by atoms with Gasteiger partial charge in [-0.3, -0.25) is 4.55 Å². The molecular formula is C27H32ClN2O3S+. The van der Waals surface area contributed by atoms with Crippen molar-refractivity contribution in [3.05, 3.63) is 88.5 Å². The first-order chi connectivity index (χ1) is 16.2. The van der Waals surface area contributed by atoms with Crippen LogP contribution in [0.4, 0.5) is 5.69 Å². The van der Waals surface area contributed by atoms with Crippen molar-refractivity contribution in [1.29, 1.82) is 0 Å². The highest BCUT2D eigenvalue weighted by Gasteiger charge is 2.19. The third kappa shape index (κ3) is 5.69. The van der Waals surface area contributed by atoms with E-state index in [2.05, 4.69) is 61.5 Å². The highest BCUT2D eigenvalue weighted by molar-refractivity contribution is 7.85. The Balaban J connectivity index is 2.23. The molecule has 2 aromatic rings. The predicted molar refractivity (Wildman–Crippen MR) is 142 cm³/mol. The van der Waals surface area contributed by atoms with Crippen LogP contribution in [0.25, 0.3) is 5.57 Å². The quantitative estimate of drug-likeness (QED) is 0.365. The van der Waals surface area contributed by atoms with E-state index in [4.69, 9.17) is 11.6 Å². The normalized spacial score (nSPS) is 13.4. The molecule has 34 heavy (non-hydrogen) atoms. The Bertz CT molecular complexity index is 1250. The van der Waals surface area contributed by atoms with Crippen LogP contribution in [-0.2, 0) is 10.1 Å². The summed E-state index contributed by atoms with van der Waals surface area (Å²) in [5.41, 5.74) is 5.38. The van der Waals surface area contributed by atoms with Crippen LogP contribution in [0, 0.1) is 0 Å². The molecule has 1 N–H and O–H groups in total. The number of benzene rings is 2. The Morgan fingerprint density at radius 1 is 0.912 bits per heavy atom. The van der Waals surface area contributed by atoms with Gasteiger partial charge in [-0.25, -0.2) is 4.58 Å². The van der Waals surface area contributed by atoms with Crippen molar-refractivity contribution < 1.29 is 17.5 Å². The van der Waals surface area contributed by atoms with E-state index in [1.54, 1.807) is 0 Å². The molecule has 0 bridgehead atoms. The number of anilines is 1. The minimum Gasteiger partial charge on any atom is -0.372 e. The van der Waals surface area contributed by atoms with E-state index < -0.39 is 10.1 Å². The van der Waals surface area contributed by atoms with Gasteiger partial charge in [-0.15, -0.1) is 0 Å². The molecule has 5 nitrogen and oxygen atoms in total. The maximum Gasteiger partial charge on any atom is 0.294 e. The number of halogens is 1. The maximum absolute atomic E-state index is 11.9. The zero-order valence-electron chi connectivity index (χ0n) is 20.1. The smallest absolute Gasteiger partial charge is 0.294 e. The van der Waals surface area contributed by atoms with Crippen molar-refractivity contribution in [3.8, 4) is 0 Å². The molecule has 3 rings (SSSR count). The molecule has 0 aromatic heterocycles. The minimum absolute atomic E-state index is 0.191. The minimum atomic E-state index is -4.37. The van der Waals surface area contributed by atoms with Crippen LogP contribution >= 0.6 is 11.6 Å². The molecule has 0 saturated heterocycles. The third-order valence-corrected chi connectivity index (χ3v) is 7.25. The summed E-state index contributed by atoms with van der Waals surface area (Å²) in [5, 5.41) is 0.406. The Morgan fingerprint density at radius 2 is 1.50 bits per heavy atom. The second-order valence-corrected chi connectivity index (χ2v) is 9.76. The molecule has 0 saturated carbocycles. The van der Waals surface area contributed by atoms with Gasteiger partial charge in [-0.1, -0.05) is 23.7 Å². The Labute approximate surface area is 208 Å². The molecule has 0 heterocycles.